The number of halogens is 1. The third-order valence-corrected chi connectivity index (χ3v) is 6.66. The van der Waals surface area contributed by atoms with Gasteiger partial charge in [-0.3, -0.25) is 4.79 Å². The Morgan fingerprint density at radius 3 is 2.44 bits per heavy atom. The van der Waals surface area contributed by atoms with Gasteiger partial charge in [-0.15, -0.1) is 12.4 Å². The minimum atomic E-state index is -3.53. The first-order chi connectivity index (χ1) is 12.3. The van der Waals surface area contributed by atoms with E-state index in [0.717, 1.165) is 31.5 Å². The van der Waals surface area contributed by atoms with E-state index in [0.29, 0.717) is 24.8 Å². The van der Waals surface area contributed by atoms with Crippen LogP contribution in [0.1, 0.15) is 31.7 Å². The van der Waals surface area contributed by atoms with Crippen LogP contribution in [0.3, 0.4) is 0 Å². The normalized spacial score (nSPS) is 16.4. The fraction of sp³-hybridized carbons (Fsp3) is 0.632. The van der Waals surface area contributed by atoms with E-state index >= 15 is 0 Å². The van der Waals surface area contributed by atoms with E-state index in [-0.39, 0.29) is 29.8 Å². The van der Waals surface area contributed by atoms with Gasteiger partial charge < -0.3 is 10.2 Å². The minimum Gasteiger partial charge on any atom is -0.344 e. The van der Waals surface area contributed by atoms with Gasteiger partial charge in [0.25, 0.3) is 0 Å². The van der Waals surface area contributed by atoms with Crippen molar-refractivity contribution in [1.29, 1.82) is 0 Å². The van der Waals surface area contributed by atoms with Crippen molar-refractivity contribution in [3.05, 3.63) is 29.8 Å². The summed E-state index contributed by atoms with van der Waals surface area (Å²) in [4.78, 5) is 14.3. The summed E-state index contributed by atoms with van der Waals surface area (Å²) in [5.74, 6) is 1.02. The number of piperidine rings is 1. The summed E-state index contributed by atoms with van der Waals surface area (Å²) < 4.78 is 27.1. The van der Waals surface area contributed by atoms with Crippen LogP contribution >= 0.6 is 12.4 Å². The van der Waals surface area contributed by atoms with E-state index in [1.807, 2.05) is 6.92 Å². The van der Waals surface area contributed by atoms with Crippen LogP contribution in [-0.2, 0) is 14.8 Å². The zero-order valence-corrected chi connectivity index (χ0v) is 18.0. The molecule has 1 saturated heterocycles. The van der Waals surface area contributed by atoms with Crippen molar-refractivity contribution in [2.24, 2.45) is 11.8 Å². The first kappa shape index (κ1) is 23.9. The molecule has 8 heteroatoms. The number of amides is 1. The number of hydrogen-bond acceptors (Lipinski definition) is 4. The van der Waals surface area contributed by atoms with Gasteiger partial charge in [-0.1, -0.05) is 24.6 Å². The van der Waals surface area contributed by atoms with Crippen LogP contribution < -0.4 is 10.0 Å². The van der Waals surface area contributed by atoms with Gasteiger partial charge in [-0.2, -0.15) is 0 Å². The largest absolute Gasteiger partial charge is 0.344 e. The molecule has 2 N–H and O–H groups in total. The molecule has 1 aromatic rings. The molecule has 1 fully saturated rings. The number of carbonyl (C=O) groups excluding carboxylic acids is 1. The van der Waals surface area contributed by atoms with Gasteiger partial charge in [-0.25, -0.2) is 13.1 Å². The van der Waals surface area contributed by atoms with Crippen LogP contribution in [0.5, 0.6) is 0 Å². The third-order valence-electron chi connectivity index (χ3n) is 5.18. The Balaban J connectivity index is 0.00000364. The molecular formula is C19H32ClN3O3S. The average Bonchev–Trinajstić information content (AvgIpc) is 2.62. The van der Waals surface area contributed by atoms with Crippen LogP contribution in [-0.4, -0.2) is 52.5 Å². The predicted molar refractivity (Wildman–Crippen MR) is 111 cm³/mol. The molecule has 0 bridgehead atoms. The van der Waals surface area contributed by atoms with E-state index in [1.165, 1.54) is 0 Å². The molecule has 6 nitrogen and oxygen atoms in total. The van der Waals surface area contributed by atoms with E-state index in [4.69, 9.17) is 0 Å². The summed E-state index contributed by atoms with van der Waals surface area (Å²) in [5.41, 5.74) is 1.01. The number of carbonyl (C=O) groups is 1. The molecule has 1 heterocycles. The molecule has 1 unspecified atom stereocenters. The van der Waals surface area contributed by atoms with Gasteiger partial charge in [0.15, 0.2) is 0 Å². The van der Waals surface area contributed by atoms with E-state index in [1.54, 1.807) is 36.2 Å². The second kappa shape index (κ2) is 11.0. The second-order valence-corrected chi connectivity index (χ2v) is 9.06. The van der Waals surface area contributed by atoms with Gasteiger partial charge in [-0.05, 0) is 56.8 Å². The molecule has 0 radical (unpaired) electrons. The summed E-state index contributed by atoms with van der Waals surface area (Å²) in [7, 11) is -1.80. The second-order valence-electron chi connectivity index (χ2n) is 7.29. The fourth-order valence-electron chi connectivity index (χ4n) is 3.28. The molecular weight excluding hydrogens is 386 g/mol. The molecule has 27 heavy (non-hydrogen) atoms. The highest BCUT2D eigenvalue weighted by atomic mass is 35.5. The predicted octanol–water partition coefficient (Wildman–Crippen LogP) is 2.18. The van der Waals surface area contributed by atoms with Crippen molar-refractivity contribution in [1.82, 2.24) is 14.9 Å². The van der Waals surface area contributed by atoms with E-state index < -0.39 is 10.0 Å². The summed E-state index contributed by atoms with van der Waals surface area (Å²) in [6, 6.07) is 6.72. The molecule has 1 amide bonds. The Morgan fingerprint density at radius 1 is 1.26 bits per heavy atom. The van der Waals surface area contributed by atoms with E-state index in [2.05, 4.69) is 17.0 Å². The number of sulfonamides is 1. The van der Waals surface area contributed by atoms with Crippen molar-refractivity contribution >= 4 is 28.3 Å². The summed E-state index contributed by atoms with van der Waals surface area (Å²) in [6.07, 6.45) is 2.76. The minimum absolute atomic E-state index is 0. The van der Waals surface area contributed by atoms with Crippen molar-refractivity contribution in [2.75, 3.05) is 33.2 Å². The number of aryl methyl sites for hydroxylation is 1. The van der Waals surface area contributed by atoms with Crippen LogP contribution in [0, 0.1) is 18.8 Å². The highest BCUT2D eigenvalue weighted by molar-refractivity contribution is 7.89. The van der Waals surface area contributed by atoms with Crippen molar-refractivity contribution in [3.63, 3.8) is 0 Å². The van der Waals surface area contributed by atoms with Crippen LogP contribution in [0.25, 0.3) is 0 Å². The number of nitrogens with zero attached hydrogens (tertiary/aromatic N) is 1. The monoisotopic (exact) mass is 417 g/mol. The molecule has 0 aromatic heterocycles. The third kappa shape index (κ3) is 7.41. The zero-order chi connectivity index (χ0) is 19.2. The smallest absolute Gasteiger partial charge is 0.240 e. The maximum absolute atomic E-state index is 12.4. The Kier molecular flexibility index (Phi) is 9.73. The molecule has 0 aliphatic carbocycles. The lowest BCUT2D eigenvalue weighted by Gasteiger charge is -2.29. The quantitative estimate of drug-likeness (QED) is 0.679. The molecule has 1 aromatic carbocycles. The van der Waals surface area contributed by atoms with Crippen molar-refractivity contribution < 1.29 is 13.2 Å². The molecule has 0 spiro atoms. The molecule has 1 aliphatic heterocycles. The summed E-state index contributed by atoms with van der Waals surface area (Å²) >= 11 is 0. The maximum atomic E-state index is 12.4. The molecule has 2 rings (SSSR count). The Morgan fingerprint density at radius 2 is 1.85 bits per heavy atom. The lowest BCUT2D eigenvalue weighted by atomic mass is 9.84. The van der Waals surface area contributed by atoms with E-state index in [9.17, 15) is 13.2 Å². The van der Waals surface area contributed by atoms with Gasteiger partial charge in [0.1, 0.15) is 0 Å². The summed E-state index contributed by atoms with van der Waals surface area (Å²) in [5, 5.41) is 3.34. The topological polar surface area (TPSA) is 78.5 Å². The summed E-state index contributed by atoms with van der Waals surface area (Å²) in [6.45, 7) is 6.68. The number of likely N-dealkylation sites (N-methyl/N-ethyl adjacent to an activating group) is 1. The highest BCUT2D eigenvalue weighted by Gasteiger charge is 2.23. The zero-order valence-electron chi connectivity index (χ0n) is 16.4. The number of rotatable bonds is 8. The average molecular weight is 418 g/mol. The van der Waals surface area contributed by atoms with Gasteiger partial charge >= 0.3 is 0 Å². The Hall–Kier alpha value is -1.15. The molecule has 1 atom stereocenters. The maximum Gasteiger partial charge on any atom is 0.240 e. The highest BCUT2D eigenvalue weighted by Crippen LogP contribution is 2.24. The molecule has 0 saturated carbocycles. The SMILES string of the molecule is Cc1ccc(S(=O)(=O)NCCN(C)C(=O)CC(C)C2CCNCC2)cc1.Cl. The van der Waals surface area contributed by atoms with Crippen molar-refractivity contribution in [2.45, 2.75) is 38.0 Å². The standard InChI is InChI=1S/C19H31N3O3S.ClH/c1-15-4-6-18(7-5-15)26(24,25)21-12-13-22(3)19(23)14-16(2)17-8-10-20-11-9-17;/h4-7,16-17,20-21H,8-14H2,1-3H3;1H. The lowest BCUT2D eigenvalue weighted by Crippen LogP contribution is -2.38. The number of benzene rings is 1. The van der Waals surface area contributed by atoms with Gasteiger partial charge in [0.2, 0.25) is 15.9 Å². The number of hydrogen-bond donors (Lipinski definition) is 2. The molecule has 1 aliphatic rings. The first-order valence-electron chi connectivity index (χ1n) is 9.30. The first-order valence-corrected chi connectivity index (χ1v) is 10.8. The number of nitrogens with one attached hydrogen (secondary N) is 2. The van der Waals surface area contributed by atoms with Gasteiger partial charge in [0, 0.05) is 26.6 Å². The van der Waals surface area contributed by atoms with Crippen LogP contribution in [0.4, 0.5) is 0 Å². The van der Waals surface area contributed by atoms with Gasteiger partial charge in [0.05, 0.1) is 4.90 Å². The molecule has 154 valence electrons. The lowest BCUT2D eigenvalue weighted by molar-refractivity contribution is -0.131. The Labute approximate surface area is 169 Å². The van der Waals surface area contributed by atoms with Crippen molar-refractivity contribution in [3.8, 4) is 0 Å². The Bertz CT molecular complexity index is 689. The van der Waals surface area contributed by atoms with Crippen LogP contribution in [0.15, 0.2) is 29.2 Å². The fourth-order valence-corrected chi connectivity index (χ4v) is 4.31. The van der Waals surface area contributed by atoms with Crippen LogP contribution in [0.2, 0.25) is 0 Å².